The second-order valence-corrected chi connectivity index (χ2v) is 7.73. The highest BCUT2D eigenvalue weighted by atomic mass is 35.5. The Kier molecular flexibility index (Phi) is 8.29. The molecule has 0 unspecified atom stereocenters. The summed E-state index contributed by atoms with van der Waals surface area (Å²) in [6.07, 6.45) is 0. The lowest BCUT2D eigenvalue weighted by Crippen LogP contribution is -2.19. The first-order valence-electron chi connectivity index (χ1n) is 9.98. The molecule has 3 rings (SSSR count). The van der Waals surface area contributed by atoms with E-state index in [9.17, 15) is 9.59 Å². The van der Waals surface area contributed by atoms with Gasteiger partial charge in [-0.1, -0.05) is 17.7 Å². The van der Waals surface area contributed by atoms with Crippen molar-refractivity contribution in [1.82, 2.24) is 0 Å². The maximum atomic E-state index is 12.5. The fourth-order valence-electron chi connectivity index (χ4n) is 2.95. The molecule has 1 amide bonds. The third-order valence-corrected chi connectivity index (χ3v) is 4.98. The summed E-state index contributed by atoms with van der Waals surface area (Å²) < 4.78 is 15.6. The number of amides is 1. The molecule has 0 fully saturated rings. The molecule has 10 heteroatoms. The largest absolute Gasteiger partial charge is 0.495 e. The van der Waals surface area contributed by atoms with Crippen molar-refractivity contribution in [2.24, 2.45) is 0 Å². The minimum atomic E-state index is -0.457. The number of halogens is 1. The summed E-state index contributed by atoms with van der Waals surface area (Å²) in [5.41, 5.74) is 2.21. The first-order chi connectivity index (χ1) is 16.3. The molecule has 0 saturated carbocycles. The topological polar surface area (TPSA) is 97.9 Å². The number of benzene rings is 3. The molecule has 0 saturated heterocycles. The number of hydrogen-bond acceptors (Lipinski definition) is 6. The van der Waals surface area contributed by atoms with Crippen LogP contribution in [0.4, 0.5) is 17.1 Å². The van der Waals surface area contributed by atoms with Crippen molar-refractivity contribution in [2.45, 2.75) is 6.92 Å². The quantitative estimate of drug-likeness (QED) is 0.227. The van der Waals surface area contributed by atoms with Gasteiger partial charge in [-0.15, -0.1) is 0 Å². The van der Waals surface area contributed by atoms with Crippen LogP contribution in [0.25, 0.3) is 0 Å². The summed E-state index contributed by atoms with van der Waals surface area (Å²) in [6.45, 7) is 1.30. The van der Waals surface area contributed by atoms with Crippen LogP contribution in [0.2, 0.25) is 5.02 Å². The minimum Gasteiger partial charge on any atom is -0.495 e. The van der Waals surface area contributed by atoms with Crippen LogP contribution in [0.3, 0.4) is 0 Å². The number of esters is 1. The molecule has 0 aromatic heterocycles. The summed E-state index contributed by atoms with van der Waals surface area (Å²) in [5.74, 6) is 0.507. The van der Waals surface area contributed by atoms with Gasteiger partial charge < -0.3 is 30.2 Å². The van der Waals surface area contributed by atoms with E-state index in [2.05, 4.69) is 16.0 Å². The van der Waals surface area contributed by atoms with E-state index in [1.165, 1.54) is 27.2 Å². The molecular weight excluding hydrogens is 478 g/mol. The van der Waals surface area contributed by atoms with Crippen molar-refractivity contribution in [1.29, 1.82) is 0 Å². The molecule has 3 aromatic carbocycles. The SMILES string of the molecule is COc1cc(OC)c(NC(=S)Nc2ccc(NC(=O)c3cccc(OC(C)=O)c3)cc2)cc1Cl. The van der Waals surface area contributed by atoms with E-state index in [4.69, 9.17) is 38.0 Å². The van der Waals surface area contributed by atoms with E-state index in [1.807, 2.05) is 0 Å². The number of ether oxygens (including phenoxy) is 3. The minimum absolute atomic E-state index is 0.301. The van der Waals surface area contributed by atoms with Crippen LogP contribution < -0.4 is 30.2 Å². The van der Waals surface area contributed by atoms with Crippen LogP contribution in [0, 0.1) is 0 Å². The molecule has 3 aromatic rings. The van der Waals surface area contributed by atoms with Crippen molar-refractivity contribution in [2.75, 3.05) is 30.2 Å². The van der Waals surface area contributed by atoms with E-state index in [0.29, 0.717) is 50.0 Å². The van der Waals surface area contributed by atoms with Gasteiger partial charge in [-0.2, -0.15) is 0 Å². The van der Waals surface area contributed by atoms with Crippen LogP contribution in [-0.2, 0) is 4.79 Å². The van der Waals surface area contributed by atoms with Crippen LogP contribution in [0.5, 0.6) is 17.2 Å². The normalized spacial score (nSPS) is 10.1. The molecule has 176 valence electrons. The fraction of sp³-hybridized carbons (Fsp3) is 0.125. The molecule has 0 heterocycles. The summed E-state index contributed by atoms with van der Waals surface area (Å²) in [7, 11) is 3.05. The molecule has 0 aliphatic rings. The Morgan fingerprint density at radius 3 is 2.12 bits per heavy atom. The van der Waals surface area contributed by atoms with E-state index < -0.39 is 5.97 Å². The molecule has 0 radical (unpaired) electrons. The standard InChI is InChI=1S/C24H22ClN3O5S/c1-14(29)33-18-6-4-5-15(11-18)23(30)26-16-7-9-17(10-8-16)27-24(34)28-20-12-19(25)21(31-2)13-22(20)32-3/h4-13H,1-3H3,(H,26,30)(H2,27,28,34). The Labute approximate surface area is 207 Å². The van der Waals surface area contributed by atoms with Crippen LogP contribution >= 0.6 is 23.8 Å². The Bertz CT molecular complexity index is 1220. The summed E-state index contributed by atoms with van der Waals surface area (Å²) in [6, 6.07) is 16.7. The number of thiocarbonyl (C=S) groups is 1. The predicted molar refractivity (Wildman–Crippen MR) is 137 cm³/mol. The second-order valence-electron chi connectivity index (χ2n) is 6.92. The highest BCUT2D eigenvalue weighted by molar-refractivity contribution is 7.80. The van der Waals surface area contributed by atoms with Gasteiger partial charge in [-0.3, -0.25) is 9.59 Å². The second kappa shape index (κ2) is 11.4. The van der Waals surface area contributed by atoms with Gasteiger partial charge in [0.05, 0.1) is 24.9 Å². The molecule has 8 nitrogen and oxygen atoms in total. The third-order valence-electron chi connectivity index (χ3n) is 4.48. The first-order valence-corrected chi connectivity index (χ1v) is 10.8. The molecule has 34 heavy (non-hydrogen) atoms. The maximum absolute atomic E-state index is 12.5. The van der Waals surface area contributed by atoms with Crippen molar-refractivity contribution < 1.29 is 23.8 Å². The average molecular weight is 500 g/mol. The summed E-state index contributed by atoms with van der Waals surface area (Å²) >= 11 is 11.6. The zero-order valence-electron chi connectivity index (χ0n) is 18.6. The summed E-state index contributed by atoms with van der Waals surface area (Å²) in [4.78, 5) is 23.6. The van der Waals surface area contributed by atoms with E-state index in [0.717, 1.165) is 0 Å². The molecule has 0 aliphatic heterocycles. The molecule has 0 bridgehead atoms. The van der Waals surface area contributed by atoms with Crippen LogP contribution in [0.1, 0.15) is 17.3 Å². The van der Waals surface area contributed by atoms with Gasteiger partial charge in [0.25, 0.3) is 5.91 Å². The Balaban J connectivity index is 1.62. The lowest BCUT2D eigenvalue weighted by Gasteiger charge is -2.15. The van der Waals surface area contributed by atoms with Crippen LogP contribution in [0.15, 0.2) is 60.7 Å². The van der Waals surface area contributed by atoms with Crippen molar-refractivity contribution in [3.63, 3.8) is 0 Å². The zero-order valence-corrected chi connectivity index (χ0v) is 20.2. The van der Waals surface area contributed by atoms with Gasteiger partial charge >= 0.3 is 5.97 Å². The highest BCUT2D eigenvalue weighted by Gasteiger charge is 2.12. The lowest BCUT2D eigenvalue weighted by atomic mass is 10.2. The smallest absolute Gasteiger partial charge is 0.308 e. The van der Waals surface area contributed by atoms with Gasteiger partial charge in [0.2, 0.25) is 0 Å². The Morgan fingerprint density at radius 1 is 0.853 bits per heavy atom. The number of carbonyl (C=O) groups is 2. The van der Waals surface area contributed by atoms with Gasteiger partial charge in [0.1, 0.15) is 17.2 Å². The number of hydrogen-bond donors (Lipinski definition) is 3. The number of nitrogens with one attached hydrogen (secondary N) is 3. The van der Waals surface area contributed by atoms with Crippen LogP contribution in [-0.4, -0.2) is 31.2 Å². The lowest BCUT2D eigenvalue weighted by molar-refractivity contribution is -0.131. The molecule has 0 aliphatic carbocycles. The number of anilines is 3. The fourth-order valence-corrected chi connectivity index (χ4v) is 3.42. The highest BCUT2D eigenvalue weighted by Crippen LogP contribution is 2.36. The van der Waals surface area contributed by atoms with Gasteiger partial charge in [-0.05, 0) is 60.7 Å². The molecule has 0 spiro atoms. The number of rotatable bonds is 7. The van der Waals surface area contributed by atoms with E-state index in [1.54, 1.807) is 54.6 Å². The van der Waals surface area contributed by atoms with E-state index >= 15 is 0 Å². The van der Waals surface area contributed by atoms with Crippen molar-refractivity contribution in [3.05, 3.63) is 71.2 Å². The Morgan fingerprint density at radius 2 is 1.50 bits per heavy atom. The maximum Gasteiger partial charge on any atom is 0.308 e. The van der Waals surface area contributed by atoms with Crippen molar-refractivity contribution >= 4 is 57.9 Å². The van der Waals surface area contributed by atoms with Gasteiger partial charge in [0, 0.05) is 29.9 Å². The first kappa shape index (κ1) is 24.8. The summed E-state index contributed by atoms with van der Waals surface area (Å²) in [5, 5.41) is 9.62. The zero-order chi connectivity index (χ0) is 24.7. The molecule has 0 atom stereocenters. The number of methoxy groups -OCH3 is 2. The third kappa shape index (κ3) is 6.60. The van der Waals surface area contributed by atoms with Gasteiger partial charge in [0.15, 0.2) is 5.11 Å². The van der Waals surface area contributed by atoms with Gasteiger partial charge in [-0.25, -0.2) is 0 Å². The number of carbonyl (C=O) groups excluding carboxylic acids is 2. The monoisotopic (exact) mass is 499 g/mol. The average Bonchev–Trinajstić information content (AvgIpc) is 2.80. The van der Waals surface area contributed by atoms with E-state index in [-0.39, 0.29) is 5.91 Å². The predicted octanol–water partition coefficient (Wildman–Crippen LogP) is 5.34. The Hall–Kier alpha value is -3.82. The molecular formula is C24H22ClN3O5S. The van der Waals surface area contributed by atoms with Crippen molar-refractivity contribution in [3.8, 4) is 17.2 Å². The molecule has 3 N–H and O–H groups in total.